The predicted molar refractivity (Wildman–Crippen MR) is 33.9 cm³/mol. The molecule has 0 N–H and O–H groups in total. The number of halogens is 3. The quantitative estimate of drug-likeness (QED) is 0.455. The first-order valence-electron chi connectivity index (χ1n) is 2.78. The van der Waals surface area contributed by atoms with E-state index in [1.54, 1.807) is 0 Å². The highest BCUT2D eigenvalue weighted by Crippen LogP contribution is 2.23. The standard InChI is InChI=1S/C6H8F3NO/c1-10(2)3-5(4-11)6(7,8)9/h3-4H,1-2H3. The van der Waals surface area contributed by atoms with Crippen LogP contribution in [-0.2, 0) is 4.79 Å². The second kappa shape index (κ2) is 3.41. The summed E-state index contributed by atoms with van der Waals surface area (Å²) in [5.74, 6) is 0. The van der Waals surface area contributed by atoms with Gasteiger partial charge in [0.05, 0.1) is 0 Å². The van der Waals surface area contributed by atoms with E-state index >= 15 is 0 Å². The van der Waals surface area contributed by atoms with Crippen LogP contribution in [0.25, 0.3) is 0 Å². The molecule has 0 aromatic rings. The first-order chi connectivity index (χ1) is 4.88. The van der Waals surface area contributed by atoms with Crippen LogP contribution >= 0.6 is 0 Å². The van der Waals surface area contributed by atoms with Gasteiger partial charge in [-0.15, -0.1) is 0 Å². The van der Waals surface area contributed by atoms with Gasteiger partial charge in [-0.3, -0.25) is 4.79 Å². The molecular weight excluding hydrogens is 159 g/mol. The van der Waals surface area contributed by atoms with E-state index in [0.29, 0.717) is 0 Å². The summed E-state index contributed by atoms with van der Waals surface area (Å²) in [5, 5.41) is 0. The number of rotatable bonds is 2. The first kappa shape index (κ1) is 10.0. The summed E-state index contributed by atoms with van der Waals surface area (Å²) in [6, 6.07) is 0. The maximum Gasteiger partial charge on any atom is 0.420 e. The Hall–Kier alpha value is -1.00. The fourth-order valence-corrected chi connectivity index (χ4v) is 0.449. The molecule has 0 aliphatic rings. The Balaban J connectivity index is 4.54. The minimum atomic E-state index is -4.55. The smallest absolute Gasteiger partial charge is 0.383 e. The molecule has 0 aromatic carbocycles. The maximum atomic E-state index is 11.8. The third-order valence-corrected chi connectivity index (χ3v) is 0.852. The molecule has 5 heteroatoms. The summed E-state index contributed by atoms with van der Waals surface area (Å²) >= 11 is 0. The predicted octanol–water partition coefficient (Wildman–Crippen LogP) is 1.19. The topological polar surface area (TPSA) is 20.3 Å². The Morgan fingerprint density at radius 1 is 1.36 bits per heavy atom. The molecule has 0 aliphatic carbocycles. The molecule has 0 fully saturated rings. The number of carbonyl (C=O) groups excluding carboxylic acids is 1. The van der Waals surface area contributed by atoms with Gasteiger partial charge in [0.25, 0.3) is 0 Å². The fraction of sp³-hybridized carbons (Fsp3) is 0.500. The lowest BCUT2D eigenvalue weighted by Gasteiger charge is -2.09. The number of allylic oxidation sites excluding steroid dienone is 1. The van der Waals surface area contributed by atoms with Crippen molar-refractivity contribution < 1.29 is 18.0 Å². The van der Waals surface area contributed by atoms with Crippen molar-refractivity contribution >= 4 is 6.29 Å². The molecule has 0 radical (unpaired) electrons. The van der Waals surface area contributed by atoms with Crippen LogP contribution < -0.4 is 0 Å². The van der Waals surface area contributed by atoms with E-state index in [-0.39, 0.29) is 6.29 Å². The van der Waals surface area contributed by atoms with Gasteiger partial charge < -0.3 is 4.90 Å². The summed E-state index contributed by atoms with van der Waals surface area (Å²) in [7, 11) is 2.82. The van der Waals surface area contributed by atoms with Crippen molar-refractivity contribution in [2.24, 2.45) is 0 Å². The number of aldehydes is 1. The number of nitrogens with zero attached hydrogens (tertiary/aromatic N) is 1. The zero-order chi connectivity index (χ0) is 9.07. The lowest BCUT2D eigenvalue weighted by Crippen LogP contribution is -2.16. The average Bonchev–Trinajstić information content (AvgIpc) is 1.79. The van der Waals surface area contributed by atoms with Crippen molar-refractivity contribution in [1.82, 2.24) is 4.90 Å². The zero-order valence-electron chi connectivity index (χ0n) is 6.14. The summed E-state index contributed by atoms with van der Waals surface area (Å²) in [6.07, 6.45) is -4.03. The lowest BCUT2D eigenvalue weighted by atomic mass is 10.3. The van der Waals surface area contributed by atoms with Crippen LogP contribution in [0.4, 0.5) is 13.2 Å². The van der Waals surface area contributed by atoms with E-state index in [4.69, 9.17) is 0 Å². The molecule has 0 bridgehead atoms. The summed E-state index contributed by atoms with van der Waals surface area (Å²) in [6.45, 7) is 0. The summed E-state index contributed by atoms with van der Waals surface area (Å²) < 4.78 is 35.3. The van der Waals surface area contributed by atoms with E-state index in [1.165, 1.54) is 14.1 Å². The van der Waals surface area contributed by atoms with Crippen LogP contribution in [0.15, 0.2) is 11.8 Å². The van der Waals surface area contributed by atoms with Crippen molar-refractivity contribution in [2.75, 3.05) is 14.1 Å². The second-order valence-corrected chi connectivity index (χ2v) is 2.16. The minimum Gasteiger partial charge on any atom is -0.383 e. The van der Waals surface area contributed by atoms with Gasteiger partial charge in [0.1, 0.15) is 5.57 Å². The molecule has 0 rings (SSSR count). The SMILES string of the molecule is CN(C)C=C(C=O)C(F)(F)F. The highest BCUT2D eigenvalue weighted by molar-refractivity contribution is 5.74. The van der Waals surface area contributed by atoms with Gasteiger partial charge in [0.15, 0.2) is 6.29 Å². The van der Waals surface area contributed by atoms with Crippen LogP contribution in [0, 0.1) is 0 Å². The zero-order valence-corrected chi connectivity index (χ0v) is 6.14. The Morgan fingerprint density at radius 3 is 1.91 bits per heavy atom. The molecule has 0 saturated heterocycles. The van der Waals surface area contributed by atoms with Gasteiger partial charge in [-0.2, -0.15) is 13.2 Å². The normalized spacial score (nSPS) is 13.0. The number of alkyl halides is 3. The van der Waals surface area contributed by atoms with E-state index in [0.717, 1.165) is 11.1 Å². The number of hydrogen-bond acceptors (Lipinski definition) is 2. The molecule has 0 heterocycles. The third-order valence-electron chi connectivity index (χ3n) is 0.852. The van der Waals surface area contributed by atoms with Crippen molar-refractivity contribution in [3.8, 4) is 0 Å². The van der Waals surface area contributed by atoms with Crippen molar-refractivity contribution in [3.05, 3.63) is 11.8 Å². The first-order valence-corrected chi connectivity index (χ1v) is 2.78. The molecule has 0 unspecified atom stereocenters. The largest absolute Gasteiger partial charge is 0.420 e. The van der Waals surface area contributed by atoms with Crippen LogP contribution in [0.2, 0.25) is 0 Å². The minimum absolute atomic E-state index is 0.208. The molecule has 0 saturated carbocycles. The van der Waals surface area contributed by atoms with Gasteiger partial charge in [-0.25, -0.2) is 0 Å². The number of hydrogen-bond donors (Lipinski definition) is 0. The fourth-order valence-electron chi connectivity index (χ4n) is 0.449. The Kier molecular flexibility index (Phi) is 3.10. The monoisotopic (exact) mass is 167 g/mol. The summed E-state index contributed by atoms with van der Waals surface area (Å²) in [5.41, 5.74) is -1.18. The molecule has 2 nitrogen and oxygen atoms in total. The Labute approximate surface area is 62.3 Å². The van der Waals surface area contributed by atoms with Gasteiger partial charge in [-0.1, -0.05) is 0 Å². The second-order valence-electron chi connectivity index (χ2n) is 2.16. The average molecular weight is 167 g/mol. The van der Waals surface area contributed by atoms with Gasteiger partial charge >= 0.3 is 6.18 Å². The van der Waals surface area contributed by atoms with Crippen molar-refractivity contribution in [2.45, 2.75) is 6.18 Å². The van der Waals surface area contributed by atoms with Crippen LogP contribution in [0.5, 0.6) is 0 Å². The highest BCUT2D eigenvalue weighted by Gasteiger charge is 2.33. The van der Waals surface area contributed by atoms with E-state index < -0.39 is 11.7 Å². The number of carbonyl (C=O) groups is 1. The molecule has 0 amide bonds. The van der Waals surface area contributed by atoms with E-state index in [1.807, 2.05) is 0 Å². The Morgan fingerprint density at radius 2 is 1.82 bits per heavy atom. The van der Waals surface area contributed by atoms with Crippen LogP contribution in [0.3, 0.4) is 0 Å². The maximum absolute atomic E-state index is 11.8. The van der Waals surface area contributed by atoms with Crippen molar-refractivity contribution in [3.63, 3.8) is 0 Å². The summed E-state index contributed by atoms with van der Waals surface area (Å²) in [4.78, 5) is 11.0. The van der Waals surface area contributed by atoms with Crippen LogP contribution in [0.1, 0.15) is 0 Å². The highest BCUT2D eigenvalue weighted by atomic mass is 19.4. The molecule has 0 spiro atoms. The molecule has 64 valence electrons. The van der Waals surface area contributed by atoms with Gasteiger partial charge in [0, 0.05) is 20.3 Å². The van der Waals surface area contributed by atoms with E-state index in [2.05, 4.69) is 0 Å². The lowest BCUT2D eigenvalue weighted by molar-refractivity contribution is -0.119. The molecular formula is C6H8F3NO. The molecule has 11 heavy (non-hydrogen) atoms. The molecule has 0 aromatic heterocycles. The molecule has 0 aliphatic heterocycles. The molecule has 0 atom stereocenters. The van der Waals surface area contributed by atoms with Gasteiger partial charge in [-0.05, 0) is 0 Å². The van der Waals surface area contributed by atoms with Crippen molar-refractivity contribution in [1.29, 1.82) is 0 Å². The van der Waals surface area contributed by atoms with Crippen LogP contribution in [-0.4, -0.2) is 31.5 Å². The Bertz CT molecular complexity index is 171. The van der Waals surface area contributed by atoms with E-state index in [9.17, 15) is 18.0 Å². The van der Waals surface area contributed by atoms with Gasteiger partial charge in [0.2, 0.25) is 0 Å². The third kappa shape index (κ3) is 3.64.